The molecule has 1 aliphatic heterocycles. The van der Waals surface area contributed by atoms with E-state index in [9.17, 15) is 8.78 Å². The third-order valence-electron chi connectivity index (χ3n) is 4.25. The molecular weight excluding hydrogens is 222 g/mol. The van der Waals surface area contributed by atoms with Crippen LogP contribution in [0.1, 0.15) is 30.0 Å². The van der Waals surface area contributed by atoms with Crippen LogP contribution in [0.5, 0.6) is 0 Å². The summed E-state index contributed by atoms with van der Waals surface area (Å²) in [6.45, 7) is 1.72. The second-order valence-corrected chi connectivity index (χ2v) is 5.22. The quantitative estimate of drug-likeness (QED) is 0.724. The van der Waals surface area contributed by atoms with Crippen LogP contribution in [0.2, 0.25) is 0 Å². The number of benzene rings is 1. The number of nitrogens with one attached hydrogen (secondary N) is 1. The van der Waals surface area contributed by atoms with Crippen molar-refractivity contribution in [3.05, 3.63) is 34.9 Å². The lowest BCUT2D eigenvalue weighted by Crippen LogP contribution is -2.45. The lowest BCUT2D eigenvalue weighted by Gasteiger charge is -2.37. The summed E-state index contributed by atoms with van der Waals surface area (Å²) in [7, 11) is 0. The zero-order chi connectivity index (χ0) is 12.0. The summed E-state index contributed by atoms with van der Waals surface area (Å²) in [6.07, 6.45) is 2.51. The molecule has 1 fully saturated rings. The van der Waals surface area contributed by atoms with E-state index in [1.165, 1.54) is 12.1 Å². The Hall–Kier alpha value is -1.00. The molecule has 2 atom stereocenters. The highest BCUT2D eigenvalue weighted by Crippen LogP contribution is 2.49. The van der Waals surface area contributed by atoms with Crippen molar-refractivity contribution in [2.45, 2.75) is 25.3 Å². The molecule has 1 aromatic carbocycles. The summed E-state index contributed by atoms with van der Waals surface area (Å²) in [4.78, 5) is 0. The molecule has 92 valence electrons. The Morgan fingerprint density at radius 1 is 1.29 bits per heavy atom. The van der Waals surface area contributed by atoms with Crippen LogP contribution in [0.25, 0.3) is 0 Å². The Kier molecular flexibility index (Phi) is 2.45. The Morgan fingerprint density at radius 2 is 2.06 bits per heavy atom. The average Bonchev–Trinajstić information content (AvgIpc) is 2.61. The molecule has 1 heterocycles. The molecule has 0 amide bonds. The standard InChI is InChI=1S/C13H16F2N2/c14-9-2-3-10(15)11-8(9)6-13(12(11)16)4-1-5-17-7-13/h2-3,12,17H,1,4-7,16H2/t12-,13?/m1/s1. The maximum atomic E-state index is 13.8. The van der Waals surface area contributed by atoms with E-state index < -0.39 is 0 Å². The van der Waals surface area contributed by atoms with E-state index in [0.29, 0.717) is 17.5 Å². The fourth-order valence-corrected chi connectivity index (χ4v) is 3.30. The van der Waals surface area contributed by atoms with E-state index in [1.807, 2.05) is 0 Å². The van der Waals surface area contributed by atoms with Crippen molar-refractivity contribution in [3.63, 3.8) is 0 Å². The Morgan fingerprint density at radius 3 is 2.71 bits per heavy atom. The third-order valence-corrected chi connectivity index (χ3v) is 4.25. The van der Waals surface area contributed by atoms with Crippen LogP contribution in [-0.4, -0.2) is 13.1 Å². The van der Waals surface area contributed by atoms with Gasteiger partial charge in [0.1, 0.15) is 11.6 Å². The normalized spacial score (nSPS) is 31.8. The van der Waals surface area contributed by atoms with Crippen molar-refractivity contribution in [2.75, 3.05) is 13.1 Å². The number of hydrogen-bond donors (Lipinski definition) is 2. The maximum Gasteiger partial charge on any atom is 0.128 e. The molecular formula is C13H16F2N2. The van der Waals surface area contributed by atoms with E-state index in [1.54, 1.807) is 0 Å². The van der Waals surface area contributed by atoms with Crippen LogP contribution in [-0.2, 0) is 6.42 Å². The van der Waals surface area contributed by atoms with Crippen LogP contribution in [0.3, 0.4) is 0 Å². The summed E-state index contributed by atoms with van der Waals surface area (Å²) in [5, 5.41) is 3.30. The van der Waals surface area contributed by atoms with Crippen LogP contribution in [0.4, 0.5) is 8.78 Å². The predicted octanol–water partition coefficient (Wildman–Crippen LogP) is 1.89. The van der Waals surface area contributed by atoms with E-state index in [4.69, 9.17) is 5.73 Å². The van der Waals surface area contributed by atoms with Crippen LogP contribution in [0.15, 0.2) is 12.1 Å². The second-order valence-electron chi connectivity index (χ2n) is 5.22. The number of rotatable bonds is 0. The van der Waals surface area contributed by atoms with Gasteiger partial charge in [0.25, 0.3) is 0 Å². The lowest BCUT2D eigenvalue weighted by atomic mass is 9.75. The molecule has 2 nitrogen and oxygen atoms in total. The van der Waals surface area contributed by atoms with Crippen molar-refractivity contribution < 1.29 is 8.78 Å². The molecule has 1 unspecified atom stereocenters. The first-order valence-electron chi connectivity index (χ1n) is 6.07. The lowest BCUT2D eigenvalue weighted by molar-refractivity contribution is 0.179. The Labute approximate surface area is 99.2 Å². The number of halogens is 2. The molecule has 1 saturated heterocycles. The van der Waals surface area contributed by atoms with Crippen molar-refractivity contribution in [3.8, 4) is 0 Å². The van der Waals surface area contributed by atoms with Crippen molar-refractivity contribution in [2.24, 2.45) is 11.1 Å². The highest BCUT2D eigenvalue weighted by Gasteiger charge is 2.47. The van der Waals surface area contributed by atoms with Gasteiger partial charge in [-0.1, -0.05) is 0 Å². The first kappa shape index (κ1) is 11.1. The molecule has 1 aliphatic carbocycles. The SMILES string of the molecule is N[C@@H]1c2c(F)ccc(F)c2CC12CCCNC2. The molecule has 17 heavy (non-hydrogen) atoms. The largest absolute Gasteiger partial charge is 0.323 e. The van der Waals surface area contributed by atoms with Crippen LogP contribution >= 0.6 is 0 Å². The summed E-state index contributed by atoms with van der Waals surface area (Å²) < 4.78 is 27.5. The molecule has 1 aromatic rings. The molecule has 0 radical (unpaired) electrons. The van der Waals surface area contributed by atoms with Gasteiger partial charge in [-0.2, -0.15) is 0 Å². The smallest absolute Gasteiger partial charge is 0.128 e. The molecule has 3 rings (SSSR count). The summed E-state index contributed by atoms with van der Waals surface area (Å²) >= 11 is 0. The molecule has 4 heteroatoms. The van der Waals surface area contributed by atoms with Gasteiger partial charge in [0.05, 0.1) is 0 Å². The molecule has 0 aromatic heterocycles. The Balaban J connectivity index is 2.07. The van der Waals surface area contributed by atoms with Gasteiger partial charge in [-0.25, -0.2) is 8.78 Å². The number of hydrogen-bond acceptors (Lipinski definition) is 2. The van der Waals surface area contributed by atoms with E-state index >= 15 is 0 Å². The van der Waals surface area contributed by atoms with Gasteiger partial charge in [0.2, 0.25) is 0 Å². The van der Waals surface area contributed by atoms with E-state index in [0.717, 1.165) is 25.9 Å². The first-order valence-corrected chi connectivity index (χ1v) is 6.07. The monoisotopic (exact) mass is 238 g/mol. The fraction of sp³-hybridized carbons (Fsp3) is 0.538. The van der Waals surface area contributed by atoms with Gasteiger partial charge in [0.15, 0.2) is 0 Å². The number of nitrogens with two attached hydrogens (primary N) is 1. The number of piperidine rings is 1. The van der Waals surface area contributed by atoms with Gasteiger partial charge in [-0.05, 0) is 43.5 Å². The van der Waals surface area contributed by atoms with Gasteiger partial charge in [0, 0.05) is 23.6 Å². The Bertz CT molecular complexity index is 453. The van der Waals surface area contributed by atoms with E-state index in [-0.39, 0.29) is 23.1 Å². The average molecular weight is 238 g/mol. The molecule has 2 aliphatic rings. The third kappa shape index (κ3) is 1.51. The van der Waals surface area contributed by atoms with E-state index in [2.05, 4.69) is 5.32 Å². The number of fused-ring (bicyclic) bond motifs is 1. The fourth-order valence-electron chi connectivity index (χ4n) is 3.30. The summed E-state index contributed by atoms with van der Waals surface area (Å²) in [5.74, 6) is -0.685. The minimum Gasteiger partial charge on any atom is -0.323 e. The zero-order valence-electron chi connectivity index (χ0n) is 9.60. The summed E-state index contributed by atoms with van der Waals surface area (Å²) in [5.41, 5.74) is 6.87. The highest BCUT2D eigenvalue weighted by atomic mass is 19.1. The van der Waals surface area contributed by atoms with Gasteiger partial charge in [-0.15, -0.1) is 0 Å². The molecule has 0 saturated carbocycles. The minimum atomic E-state index is -0.388. The van der Waals surface area contributed by atoms with Crippen LogP contribution < -0.4 is 11.1 Å². The second kappa shape index (κ2) is 3.75. The molecule has 0 bridgehead atoms. The van der Waals surface area contributed by atoms with Crippen molar-refractivity contribution in [1.29, 1.82) is 0 Å². The maximum absolute atomic E-state index is 13.8. The van der Waals surface area contributed by atoms with Crippen molar-refractivity contribution >= 4 is 0 Å². The van der Waals surface area contributed by atoms with Crippen LogP contribution in [0, 0.1) is 17.0 Å². The molecule has 3 N–H and O–H groups in total. The predicted molar refractivity (Wildman–Crippen MR) is 61.5 cm³/mol. The van der Waals surface area contributed by atoms with Gasteiger partial charge < -0.3 is 11.1 Å². The molecule has 1 spiro atoms. The van der Waals surface area contributed by atoms with Gasteiger partial charge in [-0.3, -0.25) is 0 Å². The van der Waals surface area contributed by atoms with Crippen molar-refractivity contribution in [1.82, 2.24) is 5.32 Å². The minimum absolute atomic E-state index is 0.191. The topological polar surface area (TPSA) is 38.0 Å². The summed E-state index contributed by atoms with van der Waals surface area (Å²) in [6, 6.07) is 2.00. The van der Waals surface area contributed by atoms with Gasteiger partial charge >= 0.3 is 0 Å². The highest BCUT2D eigenvalue weighted by molar-refractivity contribution is 5.40. The first-order chi connectivity index (χ1) is 8.14. The zero-order valence-corrected chi connectivity index (χ0v) is 9.60.